The maximum absolute atomic E-state index is 6.02. The third-order valence-electron chi connectivity index (χ3n) is 3.65. The Kier molecular flexibility index (Phi) is 3.27. The molecule has 0 saturated heterocycles. The van der Waals surface area contributed by atoms with Gasteiger partial charge >= 0.3 is 0 Å². The minimum atomic E-state index is 0.361. The zero-order chi connectivity index (χ0) is 15.6. The first-order chi connectivity index (χ1) is 11.3. The molecule has 0 aliphatic rings. The van der Waals surface area contributed by atoms with Gasteiger partial charge in [-0.05, 0) is 24.1 Å². The van der Waals surface area contributed by atoms with Gasteiger partial charge in [-0.1, -0.05) is 30.3 Å². The summed E-state index contributed by atoms with van der Waals surface area (Å²) in [7, 11) is 0. The van der Waals surface area contributed by atoms with Crippen LogP contribution >= 0.6 is 0 Å². The molecule has 114 valence electrons. The number of nitrogen functional groups attached to an aromatic ring is 1. The lowest BCUT2D eigenvalue weighted by Gasteiger charge is -2.01. The fourth-order valence-electron chi connectivity index (χ4n) is 2.50. The number of nitrogens with two attached hydrogens (primary N) is 1. The van der Waals surface area contributed by atoms with E-state index >= 15 is 0 Å². The van der Waals surface area contributed by atoms with Gasteiger partial charge in [-0.2, -0.15) is 5.10 Å². The summed E-state index contributed by atoms with van der Waals surface area (Å²) < 4.78 is 7.18. The van der Waals surface area contributed by atoms with Crippen molar-refractivity contribution in [2.24, 2.45) is 0 Å². The molecule has 0 fully saturated rings. The lowest BCUT2D eigenvalue weighted by Crippen LogP contribution is -2.02. The molecule has 3 aromatic heterocycles. The highest BCUT2D eigenvalue weighted by Gasteiger charge is 2.12. The summed E-state index contributed by atoms with van der Waals surface area (Å²) in [4.78, 5) is 8.76. The van der Waals surface area contributed by atoms with Gasteiger partial charge < -0.3 is 10.2 Å². The van der Waals surface area contributed by atoms with Crippen LogP contribution in [0.4, 0.5) is 5.82 Å². The number of aromatic nitrogens is 4. The van der Waals surface area contributed by atoms with Gasteiger partial charge in [0.25, 0.3) is 0 Å². The Morgan fingerprint density at radius 1 is 1.04 bits per heavy atom. The van der Waals surface area contributed by atoms with Crippen LogP contribution in [0.3, 0.4) is 0 Å². The van der Waals surface area contributed by atoms with Crippen molar-refractivity contribution in [2.75, 3.05) is 5.73 Å². The van der Waals surface area contributed by atoms with Gasteiger partial charge in [-0.25, -0.2) is 9.97 Å². The minimum Gasteiger partial charge on any atom is -0.461 e. The highest BCUT2D eigenvalue weighted by molar-refractivity contribution is 5.85. The summed E-state index contributed by atoms with van der Waals surface area (Å²) >= 11 is 0. The molecule has 0 aliphatic heterocycles. The first-order valence-corrected chi connectivity index (χ1v) is 7.38. The molecule has 0 unspecified atom stereocenters. The predicted molar refractivity (Wildman–Crippen MR) is 87.6 cm³/mol. The molecule has 6 heteroatoms. The fourth-order valence-corrected chi connectivity index (χ4v) is 2.50. The van der Waals surface area contributed by atoms with Gasteiger partial charge in [-0.3, -0.25) is 4.68 Å². The summed E-state index contributed by atoms with van der Waals surface area (Å²) in [5.74, 6) is 1.43. The normalized spacial score (nSPS) is 11.1. The number of fused-ring (bicyclic) bond motifs is 1. The molecule has 0 amide bonds. The SMILES string of the molecule is Nc1nc(-c2ccco2)nc2cn(CCc3ccccc3)nc12. The van der Waals surface area contributed by atoms with Gasteiger partial charge in [0, 0.05) is 6.54 Å². The molecule has 0 radical (unpaired) electrons. The number of hydrogen-bond acceptors (Lipinski definition) is 5. The summed E-state index contributed by atoms with van der Waals surface area (Å²) in [6.07, 6.45) is 4.37. The van der Waals surface area contributed by atoms with Crippen LogP contribution in [-0.4, -0.2) is 19.7 Å². The molecular weight excluding hydrogens is 290 g/mol. The van der Waals surface area contributed by atoms with E-state index in [4.69, 9.17) is 10.2 Å². The Labute approximate surface area is 132 Å². The molecule has 3 heterocycles. The molecule has 0 aliphatic carbocycles. The molecule has 0 saturated carbocycles. The second-order valence-corrected chi connectivity index (χ2v) is 5.27. The molecule has 0 spiro atoms. The van der Waals surface area contributed by atoms with E-state index in [-0.39, 0.29) is 0 Å². The lowest BCUT2D eigenvalue weighted by atomic mass is 10.1. The van der Waals surface area contributed by atoms with Gasteiger partial charge in [0.15, 0.2) is 22.9 Å². The molecule has 4 rings (SSSR count). The van der Waals surface area contributed by atoms with Crippen molar-refractivity contribution < 1.29 is 4.42 Å². The first kappa shape index (κ1) is 13.5. The van der Waals surface area contributed by atoms with Crippen molar-refractivity contribution in [1.29, 1.82) is 0 Å². The van der Waals surface area contributed by atoms with Crippen LogP contribution < -0.4 is 5.73 Å². The van der Waals surface area contributed by atoms with Crippen LogP contribution in [0.25, 0.3) is 22.6 Å². The molecule has 0 atom stereocenters. The molecule has 23 heavy (non-hydrogen) atoms. The number of anilines is 1. The van der Waals surface area contributed by atoms with Crippen LogP contribution in [0, 0.1) is 0 Å². The van der Waals surface area contributed by atoms with Gasteiger partial charge in [-0.15, -0.1) is 0 Å². The number of nitrogens with zero attached hydrogens (tertiary/aromatic N) is 4. The van der Waals surface area contributed by atoms with E-state index in [1.807, 2.05) is 29.1 Å². The fraction of sp³-hybridized carbons (Fsp3) is 0.118. The highest BCUT2D eigenvalue weighted by Crippen LogP contribution is 2.22. The summed E-state index contributed by atoms with van der Waals surface area (Å²) in [5, 5.41) is 4.49. The van der Waals surface area contributed by atoms with Crippen LogP contribution in [0.1, 0.15) is 5.56 Å². The average molecular weight is 305 g/mol. The summed E-state index contributed by atoms with van der Waals surface area (Å²) in [6, 6.07) is 13.9. The number of rotatable bonds is 4. The van der Waals surface area contributed by atoms with Crippen molar-refractivity contribution in [1.82, 2.24) is 19.7 Å². The van der Waals surface area contributed by atoms with E-state index in [0.29, 0.717) is 22.9 Å². The third-order valence-corrected chi connectivity index (χ3v) is 3.65. The molecule has 2 N–H and O–H groups in total. The standard InChI is InChI=1S/C17H15N5O/c18-16-15-13(19-17(20-16)14-7-4-10-23-14)11-22(21-15)9-8-12-5-2-1-3-6-12/h1-7,10-11H,8-9H2,(H2,18,19,20). The maximum Gasteiger partial charge on any atom is 0.198 e. The first-order valence-electron chi connectivity index (χ1n) is 7.38. The number of benzene rings is 1. The molecule has 1 aromatic carbocycles. The average Bonchev–Trinajstić information content (AvgIpc) is 3.23. The van der Waals surface area contributed by atoms with Crippen LogP contribution in [0.5, 0.6) is 0 Å². The van der Waals surface area contributed by atoms with E-state index in [1.165, 1.54) is 5.56 Å². The second-order valence-electron chi connectivity index (χ2n) is 5.27. The zero-order valence-corrected chi connectivity index (χ0v) is 12.4. The number of aryl methyl sites for hydroxylation is 2. The second kappa shape index (κ2) is 5.57. The van der Waals surface area contributed by atoms with Crippen molar-refractivity contribution in [2.45, 2.75) is 13.0 Å². The van der Waals surface area contributed by atoms with Crippen molar-refractivity contribution in [3.05, 3.63) is 60.5 Å². The van der Waals surface area contributed by atoms with Gasteiger partial charge in [0.05, 0.1) is 12.5 Å². The topological polar surface area (TPSA) is 82.8 Å². The monoisotopic (exact) mass is 305 g/mol. The Morgan fingerprint density at radius 2 is 1.91 bits per heavy atom. The smallest absolute Gasteiger partial charge is 0.198 e. The Balaban J connectivity index is 1.64. The molecular formula is C17H15N5O. The molecule has 4 aromatic rings. The van der Waals surface area contributed by atoms with Crippen LogP contribution in [0.2, 0.25) is 0 Å². The van der Waals surface area contributed by atoms with E-state index in [2.05, 4.69) is 27.2 Å². The van der Waals surface area contributed by atoms with Gasteiger partial charge in [0.2, 0.25) is 0 Å². The van der Waals surface area contributed by atoms with E-state index in [0.717, 1.165) is 18.5 Å². The Bertz CT molecular complexity index is 928. The van der Waals surface area contributed by atoms with E-state index in [1.54, 1.807) is 18.4 Å². The number of furan rings is 1. The third kappa shape index (κ3) is 2.66. The lowest BCUT2D eigenvalue weighted by molar-refractivity contribution is 0.578. The van der Waals surface area contributed by atoms with Crippen LogP contribution in [0.15, 0.2) is 59.3 Å². The van der Waals surface area contributed by atoms with Crippen molar-refractivity contribution in [3.63, 3.8) is 0 Å². The Morgan fingerprint density at radius 3 is 2.70 bits per heavy atom. The van der Waals surface area contributed by atoms with Crippen LogP contribution in [-0.2, 0) is 13.0 Å². The summed E-state index contributed by atoms with van der Waals surface area (Å²) in [6.45, 7) is 0.760. The quantitative estimate of drug-likeness (QED) is 0.627. The summed E-state index contributed by atoms with van der Waals surface area (Å²) in [5.41, 5.74) is 8.62. The predicted octanol–water partition coefficient (Wildman–Crippen LogP) is 2.91. The minimum absolute atomic E-state index is 0.361. The van der Waals surface area contributed by atoms with Gasteiger partial charge in [0.1, 0.15) is 5.52 Å². The van der Waals surface area contributed by atoms with E-state index < -0.39 is 0 Å². The van der Waals surface area contributed by atoms with E-state index in [9.17, 15) is 0 Å². The van der Waals surface area contributed by atoms with Crippen molar-refractivity contribution in [3.8, 4) is 11.6 Å². The molecule has 6 nitrogen and oxygen atoms in total. The zero-order valence-electron chi connectivity index (χ0n) is 12.4. The Hall–Kier alpha value is -3.15. The number of hydrogen-bond donors (Lipinski definition) is 1. The molecule has 0 bridgehead atoms. The highest BCUT2D eigenvalue weighted by atomic mass is 16.3. The largest absolute Gasteiger partial charge is 0.461 e. The van der Waals surface area contributed by atoms with Crippen molar-refractivity contribution >= 4 is 16.9 Å². The maximum atomic E-state index is 6.02.